The topological polar surface area (TPSA) is 97.0 Å². The van der Waals surface area contributed by atoms with Crippen LogP contribution in [0.15, 0.2) is 34.7 Å². The summed E-state index contributed by atoms with van der Waals surface area (Å²) in [7, 11) is 1.52. The molecule has 0 radical (unpaired) electrons. The Hall–Kier alpha value is -2.74. The van der Waals surface area contributed by atoms with E-state index < -0.39 is 5.91 Å². The van der Waals surface area contributed by atoms with E-state index in [1.807, 2.05) is 0 Å². The van der Waals surface area contributed by atoms with Crippen LogP contribution in [0, 0.1) is 0 Å². The smallest absolute Gasteiger partial charge is 0.262 e. The van der Waals surface area contributed by atoms with E-state index in [4.69, 9.17) is 4.74 Å². The van der Waals surface area contributed by atoms with Crippen LogP contribution in [0.25, 0.3) is 10.9 Å². The van der Waals surface area contributed by atoms with Crippen LogP contribution in [0.1, 0.15) is 10.4 Å². The van der Waals surface area contributed by atoms with E-state index in [2.05, 4.69) is 20.5 Å². The molecule has 1 aromatic carbocycles. The normalized spacial score (nSPS) is 10.5. The second-order valence-corrected chi connectivity index (χ2v) is 4.95. The number of methoxy groups -OCH3 is 1. The summed E-state index contributed by atoms with van der Waals surface area (Å²) in [5.41, 5.74) is 1.68. The Morgan fingerprint density at radius 1 is 1.43 bits per heavy atom. The molecule has 3 rings (SSSR count). The molecular weight excluding hydrogens is 292 g/mol. The molecule has 21 heavy (non-hydrogen) atoms. The highest BCUT2D eigenvalue weighted by molar-refractivity contribution is 7.13. The molecule has 106 valence electrons. The molecule has 0 aliphatic carbocycles. The van der Waals surface area contributed by atoms with E-state index in [9.17, 15) is 9.59 Å². The van der Waals surface area contributed by atoms with Crippen LogP contribution in [-0.4, -0.2) is 28.2 Å². The number of hydrogen-bond donors (Lipinski definition) is 2. The highest BCUT2D eigenvalue weighted by atomic mass is 32.1. The molecule has 0 aliphatic heterocycles. The number of hydrogen-bond acceptors (Lipinski definition) is 6. The molecule has 7 nitrogen and oxygen atoms in total. The predicted octanol–water partition coefficient (Wildman–Crippen LogP) is 1.64. The number of rotatable bonds is 3. The van der Waals surface area contributed by atoms with Gasteiger partial charge in [-0.2, -0.15) is 0 Å². The SMILES string of the molecule is COc1cccc2c(=O)c(C(=O)Nc3nncs3)c[nH]c12. The summed E-state index contributed by atoms with van der Waals surface area (Å²) in [6.45, 7) is 0. The zero-order chi connectivity index (χ0) is 14.8. The third-order valence-corrected chi connectivity index (χ3v) is 3.53. The van der Waals surface area contributed by atoms with Crippen molar-refractivity contribution in [3.05, 3.63) is 45.7 Å². The second-order valence-electron chi connectivity index (χ2n) is 4.11. The fraction of sp³-hybridized carbons (Fsp3) is 0.0769. The van der Waals surface area contributed by atoms with Gasteiger partial charge in [0.2, 0.25) is 10.6 Å². The molecule has 0 bridgehead atoms. The van der Waals surface area contributed by atoms with Gasteiger partial charge in [-0.3, -0.25) is 14.9 Å². The molecule has 2 N–H and O–H groups in total. The Morgan fingerprint density at radius 2 is 2.29 bits per heavy atom. The zero-order valence-electron chi connectivity index (χ0n) is 10.9. The van der Waals surface area contributed by atoms with Gasteiger partial charge >= 0.3 is 0 Å². The lowest BCUT2D eigenvalue weighted by Gasteiger charge is -2.06. The Bertz CT molecular complexity index is 857. The summed E-state index contributed by atoms with van der Waals surface area (Å²) >= 11 is 1.18. The Kier molecular flexibility index (Phi) is 3.36. The molecule has 0 saturated heterocycles. The lowest BCUT2D eigenvalue weighted by Crippen LogP contribution is -2.22. The van der Waals surface area contributed by atoms with Gasteiger partial charge in [0.1, 0.15) is 16.8 Å². The van der Waals surface area contributed by atoms with Gasteiger partial charge in [0, 0.05) is 6.20 Å². The van der Waals surface area contributed by atoms with Crippen molar-refractivity contribution in [1.29, 1.82) is 0 Å². The quantitative estimate of drug-likeness (QED) is 0.766. The van der Waals surface area contributed by atoms with Crippen molar-refractivity contribution in [2.45, 2.75) is 0 Å². The molecule has 0 atom stereocenters. The van der Waals surface area contributed by atoms with E-state index in [1.54, 1.807) is 18.2 Å². The van der Waals surface area contributed by atoms with Crippen LogP contribution in [0.5, 0.6) is 5.75 Å². The average Bonchev–Trinajstić information content (AvgIpc) is 3.00. The number of H-pyrrole nitrogens is 1. The summed E-state index contributed by atoms with van der Waals surface area (Å²) in [6, 6.07) is 5.07. The van der Waals surface area contributed by atoms with Crippen LogP contribution in [0.4, 0.5) is 5.13 Å². The van der Waals surface area contributed by atoms with Crippen molar-refractivity contribution in [3.63, 3.8) is 0 Å². The monoisotopic (exact) mass is 302 g/mol. The van der Waals surface area contributed by atoms with Gasteiger partial charge in [0.05, 0.1) is 18.0 Å². The Labute approximate surface area is 122 Å². The van der Waals surface area contributed by atoms with E-state index >= 15 is 0 Å². The molecule has 1 amide bonds. The van der Waals surface area contributed by atoms with Gasteiger partial charge in [-0.1, -0.05) is 17.4 Å². The first kappa shape index (κ1) is 13.3. The number of anilines is 1. The first-order valence-corrected chi connectivity index (χ1v) is 6.84. The standard InChI is InChI=1S/C13H10N4O3S/c1-20-9-4-2-3-7-10(9)14-5-8(11(7)18)12(19)16-13-17-15-6-21-13/h2-6H,1H3,(H,14,18)(H,16,17,19). The van der Waals surface area contributed by atoms with Crippen molar-refractivity contribution in [3.8, 4) is 5.75 Å². The molecule has 0 saturated carbocycles. The number of aromatic amines is 1. The summed E-state index contributed by atoms with van der Waals surface area (Å²) in [4.78, 5) is 27.4. The maximum absolute atomic E-state index is 12.4. The summed E-state index contributed by atoms with van der Waals surface area (Å²) in [5.74, 6) is 0.0124. The van der Waals surface area contributed by atoms with Gasteiger partial charge in [-0.25, -0.2) is 0 Å². The number of carbonyl (C=O) groups excluding carboxylic acids is 1. The number of nitrogens with zero attached hydrogens (tertiary/aromatic N) is 2. The molecule has 0 aliphatic rings. The van der Waals surface area contributed by atoms with Crippen LogP contribution >= 0.6 is 11.3 Å². The molecule has 8 heteroatoms. The maximum atomic E-state index is 12.4. The first-order chi connectivity index (χ1) is 10.2. The Balaban J connectivity index is 2.06. The number of pyridine rings is 1. The van der Waals surface area contributed by atoms with Crippen molar-refractivity contribution >= 4 is 33.3 Å². The average molecular weight is 302 g/mol. The number of amides is 1. The van der Waals surface area contributed by atoms with Crippen molar-refractivity contribution < 1.29 is 9.53 Å². The number of benzene rings is 1. The maximum Gasteiger partial charge on any atom is 0.262 e. The third-order valence-electron chi connectivity index (χ3n) is 2.92. The number of nitrogens with one attached hydrogen (secondary N) is 2. The van der Waals surface area contributed by atoms with Gasteiger partial charge in [-0.05, 0) is 12.1 Å². The lowest BCUT2D eigenvalue weighted by molar-refractivity contribution is 0.102. The molecule has 0 fully saturated rings. The largest absolute Gasteiger partial charge is 0.495 e. The zero-order valence-corrected chi connectivity index (χ0v) is 11.7. The van der Waals surface area contributed by atoms with E-state index in [1.165, 1.54) is 30.2 Å². The molecule has 2 aromatic heterocycles. The molecule has 0 spiro atoms. The molecule has 2 heterocycles. The molecule has 3 aromatic rings. The van der Waals surface area contributed by atoms with E-state index in [0.717, 1.165) is 0 Å². The molecular formula is C13H10N4O3S. The number of carbonyl (C=O) groups is 1. The minimum atomic E-state index is -0.530. The van der Waals surface area contributed by atoms with Gasteiger partial charge < -0.3 is 9.72 Å². The van der Waals surface area contributed by atoms with Gasteiger partial charge in [0.25, 0.3) is 5.91 Å². The van der Waals surface area contributed by atoms with Crippen molar-refractivity contribution in [2.75, 3.05) is 12.4 Å². The van der Waals surface area contributed by atoms with Crippen LogP contribution in [0.2, 0.25) is 0 Å². The van der Waals surface area contributed by atoms with Crippen LogP contribution < -0.4 is 15.5 Å². The number of fused-ring (bicyclic) bond motifs is 1. The number of ether oxygens (including phenoxy) is 1. The highest BCUT2D eigenvalue weighted by Gasteiger charge is 2.15. The first-order valence-electron chi connectivity index (χ1n) is 5.96. The third kappa shape index (κ3) is 2.36. The van der Waals surface area contributed by atoms with E-state index in [0.29, 0.717) is 21.8 Å². The summed E-state index contributed by atoms with van der Waals surface area (Å²) < 4.78 is 5.18. The predicted molar refractivity (Wildman–Crippen MR) is 79.0 cm³/mol. The minimum Gasteiger partial charge on any atom is -0.495 e. The minimum absolute atomic E-state index is 0.00551. The Morgan fingerprint density at radius 3 is 3.00 bits per heavy atom. The molecule has 0 unspecified atom stereocenters. The van der Waals surface area contributed by atoms with Crippen LogP contribution in [0.3, 0.4) is 0 Å². The summed E-state index contributed by atoms with van der Waals surface area (Å²) in [6.07, 6.45) is 1.36. The van der Waals surface area contributed by atoms with Crippen molar-refractivity contribution in [1.82, 2.24) is 15.2 Å². The fourth-order valence-electron chi connectivity index (χ4n) is 1.95. The lowest BCUT2D eigenvalue weighted by atomic mass is 10.1. The number of aromatic nitrogens is 3. The van der Waals surface area contributed by atoms with Gasteiger partial charge in [0.15, 0.2) is 0 Å². The fourth-order valence-corrected chi connectivity index (χ4v) is 2.39. The summed E-state index contributed by atoms with van der Waals surface area (Å²) in [5, 5.41) is 10.6. The van der Waals surface area contributed by atoms with E-state index in [-0.39, 0.29) is 11.0 Å². The van der Waals surface area contributed by atoms with Gasteiger partial charge in [-0.15, -0.1) is 10.2 Å². The number of para-hydroxylation sites is 1. The van der Waals surface area contributed by atoms with Crippen molar-refractivity contribution in [2.24, 2.45) is 0 Å². The van der Waals surface area contributed by atoms with Crippen LogP contribution in [-0.2, 0) is 0 Å². The highest BCUT2D eigenvalue weighted by Crippen LogP contribution is 2.21. The second kappa shape index (κ2) is 5.33.